The standard InChI is InChI=1S/C6H6O7S2.2Na.2H/c7-4-1-2-5(14(8,9)10)6(3-4)15(11,12)13;;;;/h1-3,7H,(H,8,9,10)(H,11,12,13);;;;. The maximum atomic E-state index is 10.7. The van der Waals surface area contributed by atoms with E-state index in [1.54, 1.807) is 0 Å². The Balaban J connectivity index is 0. The Morgan fingerprint density at radius 2 is 1.24 bits per heavy atom. The molecule has 0 amide bonds. The van der Waals surface area contributed by atoms with Gasteiger partial charge >= 0.3 is 59.1 Å². The Bertz CT molecular complexity index is 593. The number of hydrogen-bond acceptors (Lipinski definition) is 5. The summed E-state index contributed by atoms with van der Waals surface area (Å²) < 4.78 is 60.1. The van der Waals surface area contributed by atoms with E-state index in [2.05, 4.69) is 0 Å². The van der Waals surface area contributed by atoms with E-state index < -0.39 is 35.8 Å². The van der Waals surface area contributed by atoms with E-state index in [0.717, 1.165) is 6.07 Å². The van der Waals surface area contributed by atoms with Gasteiger partial charge in [0.15, 0.2) is 0 Å². The van der Waals surface area contributed by atoms with Crippen molar-refractivity contribution in [3.8, 4) is 5.75 Å². The number of phenols is 1. The number of hydrogen-bond donors (Lipinski definition) is 3. The van der Waals surface area contributed by atoms with Gasteiger partial charge in [-0.05, 0) is 12.1 Å². The van der Waals surface area contributed by atoms with E-state index in [1.807, 2.05) is 0 Å². The molecule has 3 N–H and O–H groups in total. The van der Waals surface area contributed by atoms with Crippen LogP contribution in [0.15, 0.2) is 28.0 Å². The molecule has 0 unspecified atom stereocenters. The van der Waals surface area contributed by atoms with Crippen LogP contribution < -0.4 is 0 Å². The zero-order chi connectivity index (χ0) is 11.9. The topological polar surface area (TPSA) is 129 Å². The normalized spacial score (nSPS) is 11.2. The Morgan fingerprint density at radius 1 is 0.824 bits per heavy atom. The SMILES string of the molecule is O=S(=O)(O)c1ccc(O)cc1S(=O)(=O)O.[NaH].[NaH]. The molecule has 17 heavy (non-hydrogen) atoms. The monoisotopic (exact) mass is 302 g/mol. The molecule has 0 heterocycles. The van der Waals surface area contributed by atoms with Gasteiger partial charge in [-0.1, -0.05) is 0 Å². The molecule has 0 atom stereocenters. The Morgan fingerprint density at radius 3 is 1.59 bits per heavy atom. The van der Waals surface area contributed by atoms with Gasteiger partial charge in [-0.2, -0.15) is 16.8 Å². The summed E-state index contributed by atoms with van der Waals surface area (Å²) in [6.45, 7) is 0. The molecule has 0 saturated carbocycles. The summed E-state index contributed by atoms with van der Waals surface area (Å²) in [6.07, 6.45) is 0. The van der Waals surface area contributed by atoms with Crippen LogP contribution in [-0.2, 0) is 20.2 Å². The molecular weight excluding hydrogens is 294 g/mol. The molecule has 1 rings (SSSR count). The third-order valence-electron chi connectivity index (χ3n) is 1.48. The zero-order valence-corrected chi connectivity index (χ0v) is 8.66. The molecule has 7 nitrogen and oxygen atoms in total. The van der Waals surface area contributed by atoms with Crippen molar-refractivity contribution in [1.82, 2.24) is 0 Å². The maximum absolute atomic E-state index is 10.7. The summed E-state index contributed by atoms with van der Waals surface area (Å²) in [7, 11) is -9.62. The average molecular weight is 302 g/mol. The molecule has 0 bridgehead atoms. The molecule has 0 spiro atoms. The summed E-state index contributed by atoms with van der Waals surface area (Å²) in [5, 5.41) is 8.91. The molecule has 0 aliphatic rings. The van der Waals surface area contributed by atoms with Gasteiger partial charge < -0.3 is 5.11 Å². The molecule has 0 aliphatic carbocycles. The summed E-state index contributed by atoms with van der Waals surface area (Å²) in [5.74, 6) is -0.560. The van der Waals surface area contributed by atoms with Crippen LogP contribution in [0.4, 0.5) is 0 Å². The Kier molecular flexibility index (Phi) is 8.12. The number of aromatic hydroxyl groups is 1. The summed E-state index contributed by atoms with van der Waals surface area (Å²) in [4.78, 5) is -2.08. The van der Waals surface area contributed by atoms with Crippen molar-refractivity contribution in [2.75, 3.05) is 0 Å². The first-order chi connectivity index (χ1) is 6.62. The van der Waals surface area contributed by atoms with Crippen LogP contribution in [0.2, 0.25) is 0 Å². The van der Waals surface area contributed by atoms with E-state index >= 15 is 0 Å². The molecule has 0 fully saturated rings. The van der Waals surface area contributed by atoms with Crippen LogP contribution in [0.25, 0.3) is 0 Å². The van der Waals surface area contributed by atoms with Gasteiger partial charge in [0.1, 0.15) is 15.5 Å². The van der Waals surface area contributed by atoms with Crippen molar-refractivity contribution in [3.05, 3.63) is 18.2 Å². The zero-order valence-electron chi connectivity index (χ0n) is 7.02. The molecule has 0 saturated heterocycles. The van der Waals surface area contributed by atoms with Crippen molar-refractivity contribution in [1.29, 1.82) is 0 Å². The summed E-state index contributed by atoms with van der Waals surface area (Å²) >= 11 is 0. The van der Waals surface area contributed by atoms with Gasteiger partial charge in [0.25, 0.3) is 20.2 Å². The van der Waals surface area contributed by atoms with Crippen molar-refractivity contribution in [2.24, 2.45) is 0 Å². The van der Waals surface area contributed by atoms with Gasteiger partial charge in [0, 0.05) is 6.07 Å². The second kappa shape index (κ2) is 6.85. The molecule has 0 radical (unpaired) electrons. The summed E-state index contributed by atoms with van der Waals surface area (Å²) in [6, 6.07) is 2.03. The fourth-order valence-electron chi connectivity index (χ4n) is 0.911. The van der Waals surface area contributed by atoms with Gasteiger partial charge in [0.2, 0.25) is 0 Å². The van der Waals surface area contributed by atoms with Crippen molar-refractivity contribution >= 4 is 79.4 Å². The van der Waals surface area contributed by atoms with E-state index in [-0.39, 0.29) is 59.1 Å². The van der Waals surface area contributed by atoms with Crippen LogP contribution in [0.3, 0.4) is 0 Å². The van der Waals surface area contributed by atoms with Gasteiger partial charge in [-0.15, -0.1) is 0 Å². The van der Waals surface area contributed by atoms with Crippen molar-refractivity contribution in [2.45, 2.75) is 9.79 Å². The third kappa shape index (κ3) is 5.55. The second-order valence-corrected chi connectivity index (χ2v) is 5.36. The molecule has 1 aromatic rings. The Labute approximate surface area is 142 Å². The minimum atomic E-state index is -4.84. The van der Waals surface area contributed by atoms with Crippen LogP contribution in [0.1, 0.15) is 0 Å². The molecule has 0 aliphatic heterocycles. The fraction of sp³-hybridized carbons (Fsp3) is 0. The van der Waals surface area contributed by atoms with Gasteiger partial charge in [-0.25, -0.2) is 0 Å². The van der Waals surface area contributed by atoms with Crippen LogP contribution in [0, 0.1) is 0 Å². The minimum absolute atomic E-state index is 0. The molecule has 0 aromatic heterocycles. The van der Waals surface area contributed by atoms with Crippen LogP contribution in [-0.4, -0.2) is 90.2 Å². The van der Waals surface area contributed by atoms with Gasteiger partial charge in [-0.3, -0.25) is 9.11 Å². The fourth-order valence-corrected chi connectivity index (χ4v) is 2.69. The van der Waals surface area contributed by atoms with Crippen molar-refractivity contribution in [3.63, 3.8) is 0 Å². The predicted molar refractivity (Wildman–Crippen MR) is 62.0 cm³/mol. The number of benzene rings is 1. The molecule has 1 aromatic carbocycles. The molecule has 88 valence electrons. The van der Waals surface area contributed by atoms with Gasteiger partial charge in [0.05, 0.1) is 0 Å². The average Bonchev–Trinajstić information content (AvgIpc) is 2.00. The predicted octanol–water partition coefficient (Wildman–Crippen LogP) is -1.41. The van der Waals surface area contributed by atoms with Crippen LogP contribution in [0.5, 0.6) is 5.75 Å². The number of rotatable bonds is 2. The van der Waals surface area contributed by atoms with Crippen LogP contribution >= 0.6 is 0 Å². The molecular formula is C6H8Na2O7S2. The second-order valence-electron chi connectivity index (χ2n) is 2.58. The van der Waals surface area contributed by atoms with E-state index in [1.165, 1.54) is 0 Å². The van der Waals surface area contributed by atoms with Crippen molar-refractivity contribution < 1.29 is 31.0 Å². The van der Waals surface area contributed by atoms with E-state index in [9.17, 15) is 16.8 Å². The number of phenolic OH excluding ortho intramolecular Hbond substituents is 1. The first-order valence-corrected chi connectivity index (χ1v) is 6.28. The third-order valence-corrected chi connectivity index (χ3v) is 3.42. The van der Waals surface area contributed by atoms with E-state index in [4.69, 9.17) is 14.2 Å². The Hall–Kier alpha value is 0.840. The first-order valence-electron chi connectivity index (χ1n) is 3.40. The quantitative estimate of drug-likeness (QED) is 0.452. The van der Waals surface area contributed by atoms with E-state index in [0.29, 0.717) is 12.1 Å². The first kappa shape index (κ1) is 20.2. The molecule has 11 heteroatoms. The summed E-state index contributed by atoms with van der Waals surface area (Å²) in [5.41, 5.74) is 0.